The Balaban J connectivity index is 0. The van der Waals surface area contributed by atoms with Gasteiger partial charge in [0, 0.05) is 12.8 Å². The van der Waals surface area contributed by atoms with E-state index < -0.39 is 11.9 Å². The summed E-state index contributed by atoms with van der Waals surface area (Å²) >= 11 is 0. The van der Waals surface area contributed by atoms with E-state index in [1.165, 1.54) is 141 Å². The van der Waals surface area contributed by atoms with Gasteiger partial charge in [-0.1, -0.05) is 141 Å². The summed E-state index contributed by atoms with van der Waals surface area (Å²) in [5.41, 5.74) is 0. The zero-order valence-electron chi connectivity index (χ0n) is 26.8. The predicted molar refractivity (Wildman–Crippen MR) is 174 cm³/mol. The Morgan fingerprint density at radius 3 is 0.900 bits per heavy atom. The number of unbranched alkanes of at least 4 members (excludes halogenated alkanes) is 22. The maximum absolute atomic E-state index is 10.3. The standard InChI is InChI=1S/2C18H34O2/c2*1-2-3-4-5-6-7-8-9-10-11-12-13-14-15-16-17-18(19)20/h9-10H,2-8,11-17H2,1H3,(H,19,20);6-7H,2-5,8-17H2,1H3,(H,19,20)/b10-9-;. The minimum absolute atomic E-state index is 0.332. The normalized spacial score (nSPS) is 11.2. The van der Waals surface area contributed by atoms with Crippen LogP contribution in [0.15, 0.2) is 24.3 Å². The highest BCUT2D eigenvalue weighted by Gasteiger charge is 1.97. The Bertz CT molecular complexity index is 567. The smallest absolute Gasteiger partial charge is 0.303 e. The van der Waals surface area contributed by atoms with Gasteiger partial charge in [-0.15, -0.1) is 0 Å². The number of allylic oxidation sites excluding steroid dienone is 4. The minimum Gasteiger partial charge on any atom is -0.481 e. The van der Waals surface area contributed by atoms with Crippen molar-refractivity contribution < 1.29 is 19.8 Å². The molecule has 0 aliphatic heterocycles. The Morgan fingerprint density at radius 1 is 0.375 bits per heavy atom. The average Bonchev–Trinajstić information content (AvgIpc) is 2.93. The second kappa shape index (κ2) is 37.4. The van der Waals surface area contributed by atoms with E-state index in [0.717, 1.165) is 25.7 Å². The van der Waals surface area contributed by atoms with E-state index >= 15 is 0 Å². The molecule has 0 bridgehead atoms. The number of carbonyl (C=O) groups is 2. The molecule has 0 aromatic carbocycles. The van der Waals surface area contributed by atoms with Gasteiger partial charge in [-0.2, -0.15) is 0 Å². The van der Waals surface area contributed by atoms with Crippen LogP contribution in [0.3, 0.4) is 0 Å². The van der Waals surface area contributed by atoms with Crippen LogP contribution in [-0.4, -0.2) is 22.2 Å². The van der Waals surface area contributed by atoms with Crippen molar-refractivity contribution in [3.05, 3.63) is 24.3 Å². The van der Waals surface area contributed by atoms with Gasteiger partial charge in [-0.25, -0.2) is 0 Å². The van der Waals surface area contributed by atoms with Crippen LogP contribution >= 0.6 is 0 Å². The molecule has 0 aromatic rings. The summed E-state index contributed by atoms with van der Waals surface area (Å²) in [7, 11) is 0. The second-order valence-corrected chi connectivity index (χ2v) is 11.5. The fourth-order valence-corrected chi connectivity index (χ4v) is 4.69. The molecule has 236 valence electrons. The number of hydrogen-bond acceptors (Lipinski definition) is 2. The molecular formula is C36H68O4. The van der Waals surface area contributed by atoms with Gasteiger partial charge in [-0.3, -0.25) is 9.59 Å². The summed E-state index contributed by atoms with van der Waals surface area (Å²) in [6, 6.07) is 0. The minimum atomic E-state index is -0.664. The van der Waals surface area contributed by atoms with Crippen LogP contribution in [0.4, 0.5) is 0 Å². The van der Waals surface area contributed by atoms with Gasteiger partial charge in [0.1, 0.15) is 0 Å². The van der Waals surface area contributed by atoms with Crippen LogP contribution in [0.5, 0.6) is 0 Å². The predicted octanol–water partition coefficient (Wildman–Crippen LogP) is 12.2. The SMILES string of the molecule is CCCCCC=CCCCCCCCCCCC(=O)O.CCCCCCCC/C=C\CCCCCCCC(=O)O. The first-order valence-electron chi connectivity index (χ1n) is 17.3. The second-order valence-electron chi connectivity index (χ2n) is 11.5. The number of aliphatic carboxylic acids is 2. The summed E-state index contributed by atoms with van der Waals surface area (Å²) in [6.45, 7) is 4.50. The van der Waals surface area contributed by atoms with E-state index in [9.17, 15) is 9.59 Å². The third-order valence-electron chi connectivity index (χ3n) is 7.30. The Morgan fingerprint density at radius 2 is 0.600 bits per heavy atom. The molecule has 0 aliphatic rings. The molecule has 4 nitrogen and oxygen atoms in total. The molecule has 0 aromatic heterocycles. The van der Waals surface area contributed by atoms with Gasteiger partial charge >= 0.3 is 11.9 Å². The van der Waals surface area contributed by atoms with E-state index in [-0.39, 0.29) is 0 Å². The maximum Gasteiger partial charge on any atom is 0.303 e. The molecular weight excluding hydrogens is 496 g/mol. The van der Waals surface area contributed by atoms with Crippen molar-refractivity contribution in [1.82, 2.24) is 0 Å². The number of carboxylic acid groups (broad SMARTS) is 2. The van der Waals surface area contributed by atoms with E-state index in [1.54, 1.807) is 0 Å². The van der Waals surface area contributed by atoms with Gasteiger partial charge in [0.15, 0.2) is 0 Å². The highest BCUT2D eigenvalue weighted by molar-refractivity contribution is 5.66. The molecule has 0 atom stereocenters. The lowest BCUT2D eigenvalue weighted by Crippen LogP contribution is -1.93. The van der Waals surface area contributed by atoms with Crippen molar-refractivity contribution in [2.24, 2.45) is 0 Å². The quantitative estimate of drug-likeness (QED) is 0.0672. The lowest BCUT2D eigenvalue weighted by Gasteiger charge is -2.00. The summed E-state index contributed by atoms with van der Waals surface area (Å²) in [5, 5.41) is 17.0. The molecule has 0 unspecified atom stereocenters. The molecule has 40 heavy (non-hydrogen) atoms. The Kier molecular flexibility index (Phi) is 37.9. The van der Waals surface area contributed by atoms with Crippen LogP contribution in [0.1, 0.15) is 194 Å². The maximum atomic E-state index is 10.3. The van der Waals surface area contributed by atoms with E-state index in [0.29, 0.717) is 12.8 Å². The lowest BCUT2D eigenvalue weighted by atomic mass is 10.1. The van der Waals surface area contributed by atoms with E-state index in [2.05, 4.69) is 38.2 Å². The first kappa shape index (κ1) is 40.6. The van der Waals surface area contributed by atoms with Gasteiger partial charge in [0.05, 0.1) is 0 Å². The Hall–Kier alpha value is -1.58. The summed E-state index contributed by atoms with van der Waals surface area (Å²) in [6.07, 6.45) is 42.5. The van der Waals surface area contributed by atoms with Crippen molar-refractivity contribution in [2.75, 3.05) is 0 Å². The summed E-state index contributed by atoms with van der Waals surface area (Å²) < 4.78 is 0. The van der Waals surface area contributed by atoms with Crippen LogP contribution < -0.4 is 0 Å². The largest absolute Gasteiger partial charge is 0.481 e. The van der Waals surface area contributed by atoms with Gasteiger partial charge < -0.3 is 10.2 Å². The molecule has 0 aliphatic carbocycles. The highest BCUT2D eigenvalue weighted by Crippen LogP contribution is 2.12. The van der Waals surface area contributed by atoms with Crippen LogP contribution in [0.25, 0.3) is 0 Å². The van der Waals surface area contributed by atoms with Crippen molar-refractivity contribution in [1.29, 1.82) is 0 Å². The van der Waals surface area contributed by atoms with E-state index in [1.807, 2.05) is 0 Å². The molecule has 0 spiro atoms. The third-order valence-corrected chi connectivity index (χ3v) is 7.30. The highest BCUT2D eigenvalue weighted by atomic mass is 16.4. The molecule has 0 fully saturated rings. The number of carboxylic acids is 2. The van der Waals surface area contributed by atoms with Gasteiger partial charge in [0.25, 0.3) is 0 Å². The van der Waals surface area contributed by atoms with Gasteiger partial charge in [-0.05, 0) is 64.2 Å². The van der Waals surface area contributed by atoms with Crippen molar-refractivity contribution in [3.8, 4) is 0 Å². The van der Waals surface area contributed by atoms with E-state index in [4.69, 9.17) is 10.2 Å². The molecule has 0 saturated heterocycles. The third kappa shape index (κ3) is 43.5. The molecule has 0 rings (SSSR count). The van der Waals surface area contributed by atoms with Crippen LogP contribution in [-0.2, 0) is 9.59 Å². The summed E-state index contributed by atoms with van der Waals surface area (Å²) in [5.74, 6) is -1.32. The van der Waals surface area contributed by atoms with Crippen molar-refractivity contribution in [3.63, 3.8) is 0 Å². The van der Waals surface area contributed by atoms with Gasteiger partial charge in [0.2, 0.25) is 0 Å². The van der Waals surface area contributed by atoms with Crippen LogP contribution in [0, 0.1) is 0 Å². The van der Waals surface area contributed by atoms with Crippen molar-refractivity contribution >= 4 is 11.9 Å². The zero-order chi connectivity index (χ0) is 29.8. The lowest BCUT2D eigenvalue weighted by molar-refractivity contribution is -0.138. The first-order chi connectivity index (χ1) is 19.5. The molecule has 0 heterocycles. The molecule has 4 heteroatoms. The van der Waals surface area contributed by atoms with Crippen LogP contribution in [0.2, 0.25) is 0 Å². The fourth-order valence-electron chi connectivity index (χ4n) is 4.69. The number of hydrogen-bond donors (Lipinski definition) is 2. The molecule has 2 N–H and O–H groups in total. The molecule has 0 saturated carbocycles. The number of rotatable bonds is 30. The molecule has 0 radical (unpaired) electrons. The topological polar surface area (TPSA) is 74.6 Å². The Labute approximate surface area is 249 Å². The first-order valence-corrected chi connectivity index (χ1v) is 17.3. The average molecular weight is 565 g/mol. The monoisotopic (exact) mass is 565 g/mol. The molecule has 0 amide bonds. The summed E-state index contributed by atoms with van der Waals surface area (Å²) in [4.78, 5) is 20.7. The van der Waals surface area contributed by atoms with Crippen molar-refractivity contribution in [2.45, 2.75) is 194 Å². The zero-order valence-corrected chi connectivity index (χ0v) is 26.8. The fraction of sp³-hybridized carbons (Fsp3) is 0.833.